The highest BCUT2D eigenvalue weighted by atomic mass is 35.5. The van der Waals surface area contributed by atoms with Crippen LogP contribution in [0.1, 0.15) is 36.3 Å². The van der Waals surface area contributed by atoms with E-state index in [9.17, 15) is 9.59 Å². The molecule has 0 atom stereocenters. The van der Waals surface area contributed by atoms with Crippen molar-refractivity contribution in [3.63, 3.8) is 0 Å². The summed E-state index contributed by atoms with van der Waals surface area (Å²) < 4.78 is 17.1. The van der Waals surface area contributed by atoms with Gasteiger partial charge in [-0.2, -0.15) is 0 Å². The monoisotopic (exact) mass is 491 g/mol. The van der Waals surface area contributed by atoms with E-state index in [0.717, 1.165) is 48.6 Å². The lowest BCUT2D eigenvalue weighted by Crippen LogP contribution is -2.36. The van der Waals surface area contributed by atoms with E-state index in [-0.39, 0.29) is 30.7 Å². The summed E-state index contributed by atoms with van der Waals surface area (Å²) in [6, 6.07) is 12.7. The Bertz CT molecular complexity index is 1490. The van der Waals surface area contributed by atoms with Gasteiger partial charge in [-0.15, -0.1) is 10.2 Å². The molecule has 2 aromatic carbocycles. The van der Waals surface area contributed by atoms with Crippen LogP contribution in [0.4, 0.5) is 0 Å². The molecular formula is C26H22ClN3O5. The van der Waals surface area contributed by atoms with E-state index in [2.05, 4.69) is 10.2 Å². The fourth-order valence-electron chi connectivity index (χ4n) is 4.60. The van der Waals surface area contributed by atoms with Crippen molar-refractivity contribution in [1.29, 1.82) is 0 Å². The molecule has 0 bridgehead atoms. The number of halogens is 1. The lowest BCUT2D eigenvalue weighted by Gasteiger charge is -2.20. The zero-order chi connectivity index (χ0) is 23.9. The van der Waals surface area contributed by atoms with Crippen molar-refractivity contribution in [1.82, 2.24) is 15.1 Å². The van der Waals surface area contributed by atoms with E-state index in [4.69, 9.17) is 25.2 Å². The van der Waals surface area contributed by atoms with Crippen LogP contribution >= 0.6 is 11.6 Å². The quantitative estimate of drug-likeness (QED) is 0.349. The molecule has 0 unspecified atom stereocenters. The molecule has 35 heavy (non-hydrogen) atoms. The number of hydrogen-bond donors (Lipinski definition) is 0. The highest BCUT2D eigenvalue weighted by Crippen LogP contribution is 2.32. The van der Waals surface area contributed by atoms with Crippen LogP contribution in [0.5, 0.6) is 5.75 Å². The number of nitrogens with zero attached hydrogens (tertiary/aromatic N) is 3. The zero-order valence-electron chi connectivity index (χ0n) is 18.8. The number of ether oxygens (including phenoxy) is 1. The van der Waals surface area contributed by atoms with Crippen molar-refractivity contribution in [2.45, 2.75) is 44.7 Å². The van der Waals surface area contributed by atoms with E-state index in [1.165, 1.54) is 0 Å². The molecule has 1 saturated carbocycles. The van der Waals surface area contributed by atoms with Gasteiger partial charge in [0.15, 0.2) is 6.61 Å². The van der Waals surface area contributed by atoms with E-state index in [1.807, 2.05) is 24.3 Å². The highest BCUT2D eigenvalue weighted by Gasteiger charge is 2.34. The summed E-state index contributed by atoms with van der Waals surface area (Å²) in [7, 11) is 0. The summed E-state index contributed by atoms with van der Waals surface area (Å²) in [5, 5.41) is 9.64. The third-order valence-electron chi connectivity index (χ3n) is 6.49. The second kappa shape index (κ2) is 8.85. The van der Waals surface area contributed by atoms with Gasteiger partial charge in [0.1, 0.15) is 11.3 Å². The zero-order valence-corrected chi connectivity index (χ0v) is 19.6. The highest BCUT2D eigenvalue weighted by molar-refractivity contribution is 6.33. The molecule has 2 aliphatic rings. The molecule has 0 saturated heterocycles. The predicted octanol–water partition coefficient (Wildman–Crippen LogP) is 4.56. The number of aromatic nitrogens is 2. The number of carbonyl (C=O) groups is 1. The van der Waals surface area contributed by atoms with Crippen molar-refractivity contribution < 1.29 is 18.4 Å². The number of rotatable bonds is 7. The average Bonchev–Trinajstić information content (AvgIpc) is 3.37. The Morgan fingerprint density at radius 1 is 1.09 bits per heavy atom. The lowest BCUT2D eigenvalue weighted by molar-refractivity contribution is -0.134. The van der Waals surface area contributed by atoms with Crippen LogP contribution in [0, 0.1) is 0 Å². The van der Waals surface area contributed by atoms with Gasteiger partial charge in [0, 0.05) is 23.1 Å². The Labute approximate surface area is 205 Å². The topological polar surface area (TPSA) is 98.7 Å². The molecule has 2 aromatic heterocycles. The van der Waals surface area contributed by atoms with Gasteiger partial charge < -0.3 is 18.5 Å². The second-order valence-electron chi connectivity index (χ2n) is 8.88. The number of fused-ring (bicyclic) bond motifs is 3. The third kappa shape index (κ3) is 4.30. The molecule has 9 heteroatoms. The van der Waals surface area contributed by atoms with Crippen molar-refractivity contribution in [3.8, 4) is 17.2 Å². The van der Waals surface area contributed by atoms with Crippen LogP contribution in [-0.4, -0.2) is 33.7 Å². The lowest BCUT2D eigenvalue weighted by atomic mass is 10.1. The van der Waals surface area contributed by atoms with Crippen molar-refractivity contribution in [2.75, 3.05) is 6.61 Å². The maximum Gasteiger partial charge on any atom is 0.339 e. The van der Waals surface area contributed by atoms with Crippen molar-refractivity contribution >= 4 is 28.5 Å². The summed E-state index contributed by atoms with van der Waals surface area (Å²) in [4.78, 5) is 27.0. The molecule has 178 valence electrons. The minimum Gasteiger partial charge on any atom is -0.484 e. The first-order valence-corrected chi connectivity index (χ1v) is 12.0. The first kappa shape index (κ1) is 21.9. The second-order valence-corrected chi connectivity index (χ2v) is 9.29. The van der Waals surface area contributed by atoms with Gasteiger partial charge in [-0.25, -0.2) is 4.79 Å². The van der Waals surface area contributed by atoms with E-state index >= 15 is 0 Å². The van der Waals surface area contributed by atoms with Crippen LogP contribution in [0.3, 0.4) is 0 Å². The number of hydrogen-bond acceptors (Lipinski definition) is 7. The minimum atomic E-state index is -0.283. The molecule has 6 rings (SSSR count). The number of carbonyl (C=O) groups excluding carboxylic acids is 1. The summed E-state index contributed by atoms with van der Waals surface area (Å²) in [6.07, 6.45) is 4.44. The van der Waals surface area contributed by atoms with E-state index < -0.39 is 0 Å². The predicted molar refractivity (Wildman–Crippen MR) is 128 cm³/mol. The van der Waals surface area contributed by atoms with Crippen LogP contribution in [0.2, 0.25) is 5.02 Å². The molecule has 0 N–H and O–H groups in total. The SMILES string of the molecule is O=C(COc1ccc2c3c(c(=O)oc2c1)CCC3)N(Cc1nnc(-c2ccccc2Cl)o1)C1CC1. The molecule has 2 aliphatic carbocycles. The molecule has 0 radical (unpaired) electrons. The van der Waals surface area contributed by atoms with Gasteiger partial charge in [0.25, 0.3) is 5.91 Å². The Morgan fingerprint density at radius 3 is 2.74 bits per heavy atom. The Morgan fingerprint density at radius 2 is 1.91 bits per heavy atom. The van der Waals surface area contributed by atoms with Gasteiger partial charge in [0.2, 0.25) is 11.8 Å². The number of amides is 1. The van der Waals surface area contributed by atoms with Gasteiger partial charge in [-0.05, 0) is 61.9 Å². The molecule has 1 amide bonds. The largest absolute Gasteiger partial charge is 0.484 e. The summed E-state index contributed by atoms with van der Waals surface area (Å²) in [6.45, 7) is 0.0474. The Kier molecular flexibility index (Phi) is 5.53. The van der Waals surface area contributed by atoms with Crippen LogP contribution in [0.15, 0.2) is 56.1 Å². The first-order valence-electron chi connectivity index (χ1n) is 11.6. The smallest absolute Gasteiger partial charge is 0.339 e. The normalized spacial score (nSPS) is 14.8. The Balaban J connectivity index is 1.15. The van der Waals surface area contributed by atoms with E-state index in [0.29, 0.717) is 33.7 Å². The van der Waals surface area contributed by atoms with Crippen molar-refractivity contribution in [2.24, 2.45) is 0 Å². The third-order valence-corrected chi connectivity index (χ3v) is 6.82. The number of aryl methyl sites for hydroxylation is 1. The summed E-state index contributed by atoms with van der Waals surface area (Å²) in [5.41, 5.74) is 2.69. The van der Waals surface area contributed by atoms with Gasteiger partial charge in [0.05, 0.1) is 17.1 Å². The fraction of sp³-hybridized carbons (Fsp3) is 0.308. The fourth-order valence-corrected chi connectivity index (χ4v) is 4.81. The molecule has 1 fully saturated rings. The maximum atomic E-state index is 13.0. The standard InChI is InChI=1S/C26H22ClN3O5/c27-21-7-2-1-4-20(21)25-29-28-23(35-25)13-30(15-8-9-15)24(31)14-33-16-10-11-18-17-5-3-6-19(17)26(32)34-22(18)12-16/h1-2,4,7,10-12,15H,3,5-6,8-9,13-14H2. The average molecular weight is 492 g/mol. The van der Waals surface area contributed by atoms with E-state index in [1.54, 1.807) is 23.1 Å². The molecule has 0 spiro atoms. The van der Waals surface area contributed by atoms with Gasteiger partial charge in [-0.3, -0.25) is 4.79 Å². The number of benzene rings is 2. The molecule has 4 aromatic rings. The van der Waals surface area contributed by atoms with Crippen LogP contribution in [-0.2, 0) is 24.2 Å². The molecule has 0 aliphatic heterocycles. The molecule has 8 nitrogen and oxygen atoms in total. The van der Waals surface area contributed by atoms with Crippen LogP contribution < -0.4 is 10.4 Å². The van der Waals surface area contributed by atoms with Crippen molar-refractivity contribution in [3.05, 3.63) is 74.9 Å². The summed E-state index contributed by atoms with van der Waals surface area (Å²) in [5.74, 6) is 0.942. The first-order chi connectivity index (χ1) is 17.1. The minimum absolute atomic E-state index is 0.124. The van der Waals surface area contributed by atoms with Crippen LogP contribution in [0.25, 0.3) is 22.4 Å². The summed E-state index contributed by atoms with van der Waals surface area (Å²) >= 11 is 6.22. The Hall–Kier alpha value is -3.65. The van der Waals surface area contributed by atoms with Gasteiger partial charge >= 0.3 is 5.63 Å². The molecular weight excluding hydrogens is 470 g/mol. The molecule has 2 heterocycles. The maximum absolute atomic E-state index is 13.0. The van der Waals surface area contributed by atoms with Gasteiger partial charge in [-0.1, -0.05) is 23.7 Å².